The van der Waals surface area contributed by atoms with Crippen molar-refractivity contribution in [2.75, 3.05) is 11.4 Å². The maximum Gasteiger partial charge on any atom is 0.411 e. The zero-order valence-electron chi connectivity index (χ0n) is 16.8. The lowest BCUT2D eigenvalue weighted by Crippen LogP contribution is -2.28. The molecule has 0 saturated heterocycles. The van der Waals surface area contributed by atoms with Gasteiger partial charge in [-0.1, -0.05) is 26.0 Å². The number of hydrogen-bond acceptors (Lipinski definition) is 4. The molecule has 0 spiro atoms. The first-order valence-corrected chi connectivity index (χ1v) is 9.58. The number of amides is 1. The van der Waals surface area contributed by atoms with Crippen LogP contribution in [0.5, 0.6) is 0 Å². The van der Waals surface area contributed by atoms with Gasteiger partial charge in [0.25, 0.3) is 0 Å². The summed E-state index contributed by atoms with van der Waals surface area (Å²) >= 11 is 0. The topological polar surface area (TPSA) is 93.2 Å². The number of nitrogens with zero attached hydrogens (tertiary/aromatic N) is 5. The first kappa shape index (κ1) is 20.3. The van der Waals surface area contributed by atoms with Crippen LogP contribution in [0.15, 0.2) is 53.7 Å². The molecule has 0 saturated carbocycles. The highest BCUT2D eigenvalue weighted by molar-refractivity contribution is 5.86. The summed E-state index contributed by atoms with van der Waals surface area (Å²) in [5.41, 5.74) is 2.40. The van der Waals surface area contributed by atoms with E-state index in [-0.39, 0.29) is 5.43 Å². The Labute approximate surface area is 169 Å². The minimum atomic E-state index is -1.01. The molecule has 8 heteroatoms. The molecule has 1 aromatic carbocycles. The minimum Gasteiger partial charge on any atom is -0.465 e. The Balaban J connectivity index is 1.87. The summed E-state index contributed by atoms with van der Waals surface area (Å²) in [7, 11) is 0. The van der Waals surface area contributed by atoms with Gasteiger partial charge in [-0.15, -0.1) is 0 Å². The van der Waals surface area contributed by atoms with Gasteiger partial charge in [0.15, 0.2) is 0 Å². The molecule has 0 fully saturated rings. The Kier molecular flexibility index (Phi) is 6.11. The van der Waals surface area contributed by atoms with Crippen LogP contribution in [0.3, 0.4) is 0 Å². The Bertz CT molecular complexity index is 1050. The van der Waals surface area contributed by atoms with Crippen molar-refractivity contribution in [1.82, 2.24) is 19.6 Å². The van der Waals surface area contributed by atoms with Crippen molar-refractivity contribution in [3.8, 4) is 5.69 Å². The van der Waals surface area contributed by atoms with Gasteiger partial charge in [-0.25, -0.2) is 9.48 Å². The molecule has 152 valence electrons. The average molecular weight is 395 g/mol. The van der Waals surface area contributed by atoms with Crippen LogP contribution in [-0.4, -0.2) is 37.3 Å². The molecular formula is C21H25N5O3. The fraction of sp³-hybridized carbons (Fsp3) is 0.333. The molecule has 1 N–H and O–H groups in total. The third-order valence-electron chi connectivity index (χ3n) is 4.46. The highest BCUT2D eigenvalue weighted by Crippen LogP contribution is 2.18. The van der Waals surface area contributed by atoms with Gasteiger partial charge in [-0.05, 0) is 30.5 Å². The highest BCUT2D eigenvalue weighted by Gasteiger charge is 2.13. The zero-order valence-corrected chi connectivity index (χ0v) is 16.8. The summed E-state index contributed by atoms with van der Waals surface area (Å²) in [6.07, 6.45) is 4.54. The molecule has 8 nitrogen and oxygen atoms in total. The minimum absolute atomic E-state index is 0.160. The molecule has 0 aliphatic rings. The van der Waals surface area contributed by atoms with Gasteiger partial charge in [-0.3, -0.25) is 14.4 Å². The van der Waals surface area contributed by atoms with E-state index in [4.69, 9.17) is 0 Å². The van der Waals surface area contributed by atoms with E-state index in [1.807, 2.05) is 16.9 Å². The molecule has 1 amide bonds. The van der Waals surface area contributed by atoms with Gasteiger partial charge >= 0.3 is 6.09 Å². The maximum absolute atomic E-state index is 12.3. The van der Waals surface area contributed by atoms with Crippen LogP contribution in [0, 0.1) is 5.92 Å². The lowest BCUT2D eigenvalue weighted by atomic mass is 10.1. The lowest BCUT2D eigenvalue weighted by molar-refractivity contribution is 0.202. The van der Waals surface area contributed by atoms with Gasteiger partial charge < -0.3 is 5.11 Å². The Hall–Kier alpha value is -3.42. The molecule has 0 aliphatic carbocycles. The smallest absolute Gasteiger partial charge is 0.411 e. The number of carbonyl (C=O) groups is 1. The summed E-state index contributed by atoms with van der Waals surface area (Å²) in [6, 6.07) is 8.64. The van der Waals surface area contributed by atoms with E-state index >= 15 is 0 Å². The van der Waals surface area contributed by atoms with E-state index in [9.17, 15) is 14.7 Å². The third kappa shape index (κ3) is 4.90. The van der Waals surface area contributed by atoms with Crippen LogP contribution < -0.4 is 10.3 Å². The van der Waals surface area contributed by atoms with Crippen molar-refractivity contribution < 1.29 is 9.90 Å². The van der Waals surface area contributed by atoms with E-state index < -0.39 is 6.09 Å². The molecule has 0 unspecified atom stereocenters. The SMILES string of the molecule is CCN(C(=O)O)c1cccc(Cc2nn(-c3cnn(CC(C)C)c3)ccc2=O)c1. The summed E-state index contributed by atoms with van der Waals surface area (Å²) in [6.45, 7) is 7.16. The van der Waals surface area contributed by atoms with E-state index in [2.05, 4.69) is 24.0 Å². The molecule has 0 atom stereocenters. The van der Waals surface area contributed by atoms with Crippen LogP contribution in [0.4, 0.5) is 10.5 Å². The van der Waals surface area contributed by atoms with Crippen molar-refractivity contribution in [1.29, 1.82) is 0 Å². The van der Waals surface area contributed by atoms with Crippen molar-refractivity contribution in [2.45, 2.75) is 33.7 Å². The molecule has 0 radical (unpaired) electrons. The Morgan fingerprint density at radius 2 is 2.07 bits per heavy atom. The van der Waals surface area contributed by atoms with Crippen LogP contribution in [-0.2, 0) is 13.0 Å². The molecule has 29 heavy (non-hydrogen) atoms. The van der Waals surface area contributed by atoms with Crippen LogP contribution in [0.25, 0.3) is 5.69 Å². The predicted molar refractivity (Wildman–Crippen MR) is 111 cm³/mol. The first-order chi connectivity index (χ1) is 13.9. The fourth-order valence-electron chi connectivity index (χ4n) is 3.11. The lowest BCUT2D eigenvalue weighted by Gasteiger charge is -2.17. The van der Waals surface area contributed by atoms with Gasteiger partial charge in [-0.2, -0.15) is 10.2 Å². The van der Waals surface area contributed by atoms with Gasteiger partial charge in [0.2, 0.25) is 5.43 Å². The van der Waals surface area contributed by atoms with Crippen molar-refractivity contribution in [3.05, 3.63) is 70.4 Å². The largest absolute Gasteiger partial charge is 0.465 e. The van der Waals surface area contributed by atoms with Gasteiger partial charge in [0, 0.05) is 37.5 Å². The van der Waals surface area contributed by atoms with Crippen LogP contribution >= 0.6 is 0 Å². The Morgan fingerprint density at radius 3 is 2.76 bits per heavy atom. The molecule has 3 rings (SSSR count). The summed E-state index contributed by atoms with van der Waals surface area (Å²) < 4.78 is 3.49. The van der Waals surface area contributed by atoms with Crippen LogP contribution in [0.1, 0.15) is 32.0 Å². The second-order valence-corrected chi connectivity index (χ2v) is 7.26. The monoisotopic (exact) mass is 395 g/mol. The van der Waals surface area contributed by atoms with E-state index in [1.165, 1.54) is 11.0 Å². The summed E-state index contributed by atoms with van der Waals surface area (Å²) in [5.74, 6) is 0.473. The molecule has 0 aliphatic heterocycles. The fourth-order valence-corrected chi connectivity index (χ4v) is 3.11. The molecule has 3 aromatic rings. The van der Waals surface area contributed by atoms with E-state index in [0.717, 1.165) is 17.8 Å². The van der Waals surface area contributed by atoms with Crippen molar-refractivity contribution in [3.63, 3.8) is 0 Å². The standard InChI is InChI=1S/C21H25N5O3/c1-4-25(21(28)29)17-7-5-6-16(10-17)11-19-20(27)8-9-26(23-19)18-12-22-24(14-18)13-15(2)3/h5-10,12,14-15H,4,11,13H2,1-3H3,(H,28,29). The second kappa shape index (κ2) is 8.72. The zero-order chi connectivity index (χ0) is 21.0. The average Bonchev–Trinajstić information content (AvgIpc) is 3.12. The predicted octanol–water partition coefficient (Wildman–Crippen LogP) is 3.18. The second-order valence-electron chi connectivity index (χ2n) is 7.26. The number of carboxylic acid groups (broad SMARTS) is 1. The number of benzene rings is 1. The quantitative estimate of drug-likeness (QED) is 0.663. The van der Waals surface area contributed by atoms with Crippen LogP contribution in [0.2, 0.25) is 0 Å². The first-order valence-electron chi connectivity index (χ1n) is 9.58. The third-order valence-corrected chi connectivity index (χ3v) is 4.46. The van der Waals surface area contributed by atoms with Gasteiger partial charge in [0.1, 0.15) is 11.4 Å². The number of hydrogen-bond donors (Lipinski definition) is 1. The summed E-state index contributed by atoms with van der Waals surface area (Å²) in [4.78, 5) is 25.0. The normalized spacial score (nSPS) is 11.0. The van der Waals surface area contributed by atoms with E-state index in [0.29, 0.717) is 30.3 Å². The molecule has 2 heterocycles. The maximum atomic E-state index is 12.3. The number of rotatable bonds is 7. The highest BCUT2D eigenvalue weighted by atomic mass is 16.4. The van der Waals surface area contributed by atoms with Crippen molar-refractivity contribution in [2.24, 2.45) is 5.92 Å². The van der Waals surface area contributed by atoms with Gasteiger partial charge in [0.05, 0.1) is 12.4 Å². The summed E-state index contributed by atoms with van der Waals surface area (Å²) in [5, 5.41) is 18.1. The number of anilines is 1. The Morgan fingerprint density at radius 1 is 1.28 bits per heavy atom. The molecule has 0 bridgehead atoms. The van der Waals surface area contributed by atoms with E-state index in [1.54, 1.807) is 42.2 Å². The van der Waals surface area contributed by atoms with Crippen molar-refractivity contribution >= 4 is 11.8 Å². The molecule has 2 aromatic heterocycles. The molecular weight excluding hydrogens is 370 g/mol. The number of aromatic nitrogens is 4.